The predicted octanol–water partition coefficient (Wildman–Crippen LogP) is 3.08. The Balaban J connectivity index is 2.23. The highest BCUT2D eigenvalue weighted by Gasteiger charge is 2.08. The van der Waals surface area contributed by atoms with Crippen LogP contribution in [-0.2, 0) is 0 Å². The standard InChI is InChI=1S/C13H12ClN3OS/c1-8-10(3-2-4-11(8)14)12-6-5-9(18-12)7-16-17-13(15)19/h2-7H,1H3,(H3,15,17,19)/b16-7-. The summed E-state index contributed by atoms with van der Waals surface area (Å²) in [5.41, 5.74) is 9.64. The van der Waals surface area contributed by atoms with Crippen molar-refractivity contribution in [2.45, 2.75) is 6.92 Å². The summed E-state index contributed by atoms with van der Waals surface area (Å²) < 4.78 is 5.66. The van der Waals surface area contributed by atoms with Crippen molar-refractivity contribution in [2.75, 3.05) is 0 Å². The van der Waals surface area contributed by atoms with E-state index in [-0.39, 0.29) is 5.11 Å². The molecule has 19 heavy (non-hydrogen) atoms. The van der Waals surface area contributed by atoms with Gasteiger partial charge in [-0.25, -0.2) is 0 Å². The highest BCUT2D eigenvalue weighted by Crippen LogP contribution is 2.29. The van der Waals surface area contributed by atoms with Gasteiger partial charge in [-0.2, -0.15) is 5.10 Å². The van der Waals surface area contributed by atoms with Crippen LogP contribution in [0.5, 0.6) is 0 Å². The summed E-state index contributed by atoms with van der Waals surface area (Å²) in [5, 5.41) is 4.64. The van der Waals surface area contributed by atoms with Crippen molar-refractivity contribution in [1.82, 2.24) is 5.43 Å². The minimum atomic E-state index is 0.105. The van der Waals surface area contributed by atoms with Crippen LogP contribution in [0.25, 0.3) is 11.3 Å². The number of rotatable bonds is 3. The summed E-state index contributed by atoms with van der Waals surface area (Å²) in [7, 11) is 0. The van der Waals surface area contributed by atoms with Gasteiger partial charge in [0.2, 0.25) is 0 Å². The molecule has 0 saturated carbocycles. The monoisotopic (exact) mass is 293 g/mol. The molecule has 6 heteroatoms. The van der Waals surface area contributed by atoms with Gasteiger partial charge >= 0.3 is 0 Å². The van der Waals surface area contributed by atoms with Crippen LogP contribution in [0, 0.1) is 6.92 Å². The molecule has 0 aliphatic rings. The average molecular weight is 294 g/mol. The Morgan fingerprint density at radius 3 is 2.95 bits per heavy atom. The molecule has 0 fully saturated rings. The van der Waals surface area contributed by atoms with Gasteiger partial charge in [0.15, 0.2) is 5.11 Å². The fraction of sp³-hybridized carbons (Fsp3) is 0.0769. The number of furan rings is 1. The van der Waals surface area contributed by atoms with Crippen LogP contribution in [-0.4, -0.2) is 11.3 Å². The number of hydrogen-bond acceptors (Lipinski definition) is 3. The molecule has 2 aromatic rings. The Labute approximate surface area is 121 Å². The molecule has 98 valence electrons. The number of halogens is 1. The van der Waals surface area contributed by atoms with E-state index in [0.717, 1.165) is 16.9 Å². The van der Waals surface area contributed by atoms with Crippen LogP contribution in [0.2, 0.25) is 5.02 Å². The van der Waals surface area contributed by atoms with Gasteiger partial charge in [-0.05, 0) is 42.9 Å². The van der Waals surface area contributed by atoms with E-state index in [1.807, 2.05) is 31.2 Å². The molecule has 3 N–H and O–H groups in total. The second-order valence-corrected chi connectivity index (χ2v) is 4.70. The summed E-state index contributed by atoms with van der Waals surface area (Å²) in [6.07, 6.45) is 1.50. The fourth-order valence-corrected chi connectivity index (χ4v) is 1.83. The minimum absolute atomic E-state index is 0.105. The molecular formula is C13H12ClN3OS. The highest BCUT2D eigenvalue weighted by molar-refractivity contribution is 7.80. The summed E-state index contributed by atoms with van der Waals surface area (Å²) in [6, 6.07) is 9.35. The lowest BCUT2D eigenvalue weighted by molar-refractivity contribution is 0.574. The largest absolute Gasteiger partial charge is 0.455 e. The van der Waals surface area contributed by atoms with Crippen molar-refractivity contribution in [3.05, 3.63) is 46.7 Å². The third-order valence-electron chi connectivity index (χ3n) is 2.53. The van der Waals surface area contributed by atoms with Gasteiger partial charge in [0.05, 0.1) is 6.21 Å². The molecule has 0 amide bonds. The predicted molar refractivity (Wildman–Crippen MR) is 81.4 cm³/mol. The lowest BCUT2D eigenvalue weighted by Gasteiger charge is -2.03. The number of nitrogens with one attached hydrogen (secondary N) is 1. The average Bonchev–Trinajstić information content (AvgIpc) is 2.81. The van der Waals surface area contributed by atoms with Crippen molar-refractivity contribution in [3.63, 3.8) is 0 Å². The SMILES string of the molecule is Cc1c(Cl)cccc1-c1ccc(/C=N\NC(N)=S)o1. The molecule has 0 bridgehead atoms. The van der Waals surface area contributed by atoms with E-state index in [4.69, 9.17) is 21.8 Å². The van der Waals surface area contributed by atoms with Crippen LogP contribution in [0.4, 0.5) is 0 Å². The van der Waals surface area contributed by atoms with E-state index in [2.05, 4.69) is 22.7 Å². The molecule has 4 nitrogen and oxygen atoms in total. The maximum Gasteiger partial charge on any atom is 0.184 e. The van der Waals surface area contributed by atoms with Crippen LogP contribution < -0.4 is 11.2 Å². The van der Waals surface area contributed by atoms with Gasteiger partial charge < -0.3 is 10.2 Å². The number of hydrogen-bond donors (Lipinski definition) is 2. The van der Waals surface area contributed by atoms with Crippen molar-refractivity contribution >= 4 is 35.1 Å². The first-order valence-electron chi connectivity index (χ1n) is 5.52. The number of benzene rings is 1. The lowest BCUT2D eigenvalue weighted by Crippen LogP contribution is -2.23. The third-order valence-corrected chi connectivity index (χ3v) is 3.03. The second-order valence-electron chi connectivity index (χ2n) is 3.85. The number of thiocarbonyl (C=S) groups is 1. The van der Waals surface area contributed by atoms with E-state index in [0.29, 0.717) is 10.8 Å². The fourth-order valence-electron chi connectivity index (χ4n) is 1.60. The van der Waals surface area contributed by atoms with Crippen LogP contribution in [0.3, 0.4) is 0 Å². The van der Waals surface area contributed by atoms with Gasteiger partial charge in [-0.3, -0.25) is 5.43 Å². The first-order chi connectivity index (χ1) is 9.08. The molecular weight excluding hydrogens is 282 g/mol. The molecule has 1 heterocycles. The first kappa shape index (κ1) is 13.6. The highest BCUT2D eigenvalue weighted by atomic mass is 35.5. The Kier molecular flexibility index (Phi) is 4.19. The maximum absolute atomic E-state index is 6.08. The molecule has 0 radical (unpaired) electrons. The normalized spacial score (nSPS) is 10.8. The second kappa shape index (κ2) is 5.86. The van der Waals surface area contributed by atoms with Crippen molar-refractivity contribution in [3.8, 4) is 11.3 Å². The first-order valence-corrected chi connectivity index (χ1v) is 6.30. The van der Waals surface area contributed by atoms with Gasteiger partial charge in [-0.1, -0.05) is 23.7 Å². The van der Waals surface area contributed by atoms with Crippen LogP contribution in [0.15, 0.2) is 39.9 Å². The topological polar surface area (TPSA) is 63.5 Å². The zero-order valence-corrected chi connectivity index (χ0v) is 11.8. The van der Waals surface area contributed by atoms with Crippen LogP contribution >= 0.6 is 23.8 Å². The lowest BCUT2D eigenvalue weighted by atomic mass is 10.1. The Morgan fingerprint density at radius 1 is 1.42 bits per heavy atom. The molecule has 0 atom stereocenters. The molecule has 0 aliphatic carbocycles. The maximum atomic E-state index is 6.08. The summed E-state index contributed by atoms with van der Waals surface area (Å²) in [5.74, 6) is 1.33. The van der Waals surface area contributed by atoms with Gasteiger partial charge in [0, 0.05) is 10.6 Å². The zero-order chi connectivity index (χ0) is 13.8. The third kappa shape index (κ3) is 3.33. The molecule has 2 rings (SSSR count). The van der Waals surface area contributed by atoms with E-state index in [9.17, 15) is 0 Å². The summed E-state index contributed by atoms with van der Waals surface area (Å²) >= 11 is 10.7. The van der Waals surface area contributed by atoms with Crippen molar-refractivity contribution in [2.24, 2.45) is 10.8 Å². The number of nitrogens with two attached hydrogens (primary N) is 1. The Morgan fingerprint density at radius 2 is 2.21 bits per heavy atom. The summed E-state index contributed by atoms with van der Waals surface area (Å²) in [4.78, 5) is 0. The van der Waals surface area contributed by atoms with Gasteiger partial charge in [-0.15, -0.1) is 0 Å². The van der Waals surface area contributed by atoms with Crippen molar-refractivity contribution < 1.29 is 4.42 Å². The van der Waals surface area contributed by atoms with Crippen LogP contribution in [0.1, 0.15) is 11.3 Å². The molecule has 1 aromatic carbocycles. The molecule has 0 saturated heterocycles. The van der Waals surface area contributed by atoms with Gasteiger partial charge in [0.1, 0.15) is 11.5 Å². The number of nitrogens with zero attached hydrogens (tertiary/aromatic N) is 1. The molecule has 0 aliphatic heterocycles. The quantitative estimate of drug-likeness (QED) is 0.518. The Bertz CT molecular complexity index is 637. The van der Waals surface area contributed by atoms with E-state index < -0.39 is 0 Å². The molecule has 0 spiro atoms. The van der Waals surface area contributed by atoms with E-state index in [1.165, 1.54) is 6.21 Å². The Hall–Kier alpha value is -1.85. The van der Waals surface area contributed by atoms with Crippen molar-refractivity contribution in [1.29, 1.82) is 0 Å². The number of hydrazone groups is 1. The van der Waals surface area contributed by atoms with E-state index >= 15 is 0 Å². The minimum Gasteiger partial charge on any atom is -0.455 e. The summed E-state index contributed by atoms with van der Waals surface area (Å²) in [6.45, 7) is 1.95. The zero-order valence-electron chi connectivity index (χ0n) is 10.2. The van der Waals surface area contributed by atoms with Gasteiger partial charge in [0.25, 0.3) is 0 Å². The smallest absolute Gasteiger partial charge is 0.184 e. The molecule has 0 unspecified atom stereocenters. The van der Waals surface area contributed by atoms with E-state index in [1.54, 1.807) is 6.07 Å². The molecule has 1 aromatic heterocycles.